The van der Waals surface area contributed by atoms with Gasteiger partial charge in [-0.2, -0.15) is 5.11 Å². The Morgan fingerprint density at radius 3 is 2.39 bits per heavy atom. The number of rotatable bonds is 5. The zero-order chi connectivity index (χ0) is 13.5. The van der Waals surface area contributed by atoms with Gasteiger partial charge in [-0.15, -0.1) is 5.11 Å². The summed E-state index contributed by atoms with van der Waals surface area (Å²) in [5.74, 6) is 0.136. The molecular formula is C12H18N6. The molecule has 0 spiro atoms. The summed E-state index contributed by atoms with van der Waals surface area (Å²) in [6.07, 6.45) is 0. The number of azo groups is 1. The molecule has 0 amide bonds. The average Bonchev–Trinajstić information content (AvgIpc) is 2.38. The van der Waals surface area contributed by atoms with Crippen LogP contribution in [0, 0.1) is 5.41 Å². The molecule has 6 nitrogen and oxygen atoms in total. The van der Waals surface area contributed by atoms with Crippen LogP contribution in [0.4, 0.5) is 5.69 Å². The van der Waals surface area contributed by atoms with Gasteiger partial charge >= 0.3 is 0 Å². The molecule has 0 saturated heterocycles. The Hall–Kier alpha value is -2.37. The lowest BCUT2D eigenvalue weighted by molar-refractivity contribution is 0.432. The Bertz CT molecular complexity index is 463. The first-order valence-electron chi connectivity index (χ1n) is 5.58. The van der Waals surface area contributed by atoms with Crippen molar-refractivity contribution in [1.29, 1.82) is 5.41 Å². The van der Waals surface area contributed by atoms with E-state index in [-0.39, 0.29) is 11.5 Å². The second-order valence-electron chi connectivity index (χ2n) is 3.70. The SMILES string of the molecule is CCN(C)/C(N)=C(/N=N/c1ccccc1)C(=N)N. The minimum Gasteiger partial charge on any atom is -0.383 e. The van der Waals surface area contributed by atoms with Crippen LogP contribution in [-0.2, 0) is 0 Å². The van der Waals surface area contributed by atoms with E-state index in [1.165, 1.54) is 0 Å². The van der Waals surface area contributed by atoms with E-state index in [2.05, 4.69) is 10.2 Å². The molecule has 0 aliphatic carbocycles. The van der Waals surface area contributed by atoms with Gasteiger partial charge < -0.3 is 16.4 Å². The summed E-state index contributed by atoms with van der Waals surface area (Å²) in [6.45, 7) is 2.64. The molecule has 0 bridgehead atoms. The highest BCUT2D eigenvalue weighted by atomic mass is 15.2. The molecule has 0 radical (unpaired) electrons. The minimum absolute atomic E-state index is 0.184. The first kappa shape index (κ1) is 13.7. The predicted molar refractivity (Wildman–Crippen MR) is 72.4 cm³/mol. The van der Waals surface area contributed by atoms with E-state index in [9.17, 15) is 0 Å². The van der Waals surface area contributed by atoms with E-state index in [1.54, 1.807) is 24.1 Å². The molecule has 1 aromatic carbocycles. The molecule has 0 unspecified atom stereocenters. The maximum Gasteiger partial charge on any atom is 0.167 e. The van der Waals surface area contributed by atoms with Gasteiger partial charge in [0.15, 0.2) is 5.70 Å². The Balaban J connectivity index is 3.02. The third-order valence-corrected chi connectivity index (χ3v) is 2.40. The average molecular weight is 246 g/mol. The fourth-order valence-corrected chi connectivity index (χ4v) is 1.20. The fraction of sp³-hybridized carbons (Fsp3) is 0.250. The van der Waals surface area contributed by atoms with E-state index in [1.807, 2.05) is 25.1 Å². The maximum absolute atomic E-state index is 7.48. The van der Waals surface area contributed by atoms with Crippen LogP contribution in [0.25, 0.3) is 0 Å². The molecule has 0 heterocycles. The van der Waals surface area contributed by atoms with Crippen molar-refractivity contribution in [3.63, 3.8) is 0 Å². The van der Waals surface area contributed by atoms with Crippen molar-refractivity contribution in [3.8, 4) is 0 Å². The first-order valence-corrected chi connectivity index (χ1v) is 5.58. The molecule has 96 valence electrons. The Kier molecular flexibility index (Phi) is 4.86. The molecule has 0 fully saturated rings. The fourth-order valence-electron chi connectivity index (χ4n) is 1.20. The zero-order valence-electron chi connectivity index (χ0n) is 10.6. The Labute approximate surface area is 107 Å². The molecule has 1 rings (SSSR count). The van der Waals surface area contributed by atoms with Crippen LogP contribution >= 0.6 is 0 Å². The van der Waals surface area contributed by atoms with Gasteiger partial charge in [0.1, 0.15) is 11.7 Å². The molecule has 0 aromatic heterocycles. The second kappa shape index (κ2) is 6.39. The van der Waals surface area contributed by atoms with E-state index < -0.39 is 0 Å². The van der Waals surface area contributed by atoms with E-state index in [4.69, 9.17) is 16.9 Å². The van der Waals surface area contributed by atoms with Gasteiger partial charge in [0.05, 0.1) is 5.69 Å². The standard InChI is InChI=1S/C12H18N6/c1-3-18(2)12(15)10(11(13)14)17-16-9-7-5-4-6-8-9/h4-8H,3,15H2,1-2H3,(H3,13,14)/b12-10+,17-16+. The molecule has 0 saturated carbocycles. The monoisotopic (exact) mass is 246 g/mol. The molecule has 0 aliphatic rings. The summed E-state index contributed by atoms with van der Waals surface area (Å²) in [4.78, 5) is 1.75. The molecule has 0 atom stereocenters. The lowest BCUT2D eigenvalue weighted by atomic mass is 10.3. The van der Waals surface area contributed by atoms with Crippen LogP contribution in [-0.4, -0.2) is 24.3 Å². The van der Waals surface area contributed by atoms with Crippen LogP contribution in [0.3, 0.4) is 0 Å². The topological polar surface area (TPSA) is 104 Å². The zero-order valence-corrected chi connectivity index (χ0v) is 10.6. The lowest BCUT2D eigenvalue weighted by Gasteiger charge is -2.18. The van der Waals surface area contributed by atoms with Crippen LogP contribution in [0.1, 0.15) is 6.92 Å². The van der Waals surface area contributed by atoms with Gasteiger partial charge in [0.25, 0.3) is 0 Å². The number of benzene rings is 1. The quantitative estimate of drug-likeness (QED) is 0.419. The van der Waals surface area contributed by atoms with Gasteiger partial charge in [-0.05, 0) is 19.1 Å². The number of hydrogen-bond donors (Lipinski definition) is 3. The largest absolute Gasteiger partial charge is 0.383 e. The van der Waals surface area contributed by atoms with Gasteiger partial charge in [-0.3, -0.25) is 5.41 Å². The molecule has 6 heteroatoms. The second-order valence-corrected chi connectivity index (χ2v) is 3.70. The number of nitrogens with one attached hydrogen (secondary N) is 1. The van der Waals surface area contributed by atoms with Crippen molar-refractivity contribution in [2.75, 3.05) is 13.6 Å². The van der Waals surface area contributed by atoms with Crippen molar-refractivity contribution in [2.24, 2.45) is 21.7 Å². The maximum atomic E-state index is 7.48. The van der Waals surface area contributed by atoms with Crippen molar-refractivity contribution in [1.82, 2.24) is 4.90 Å². The third-order valence-electron chi connectivity index (χ3n) is 2.40. The minimum atomic E-state index is -0.201. The molecular weight excluding hydrogens is 228 g/mol. The first-order chi connectivity index (χ1) is 8.56. The molecule has 0 aliphatic heterocycles. The van der Waals surface area contributed by atoms with Gasteiger partial charge in [0, 0.05) is 13.6 Å². The smallest absolute Gasteiger partial charge is 0.167 e. The number of nitrogens with two attached hydrogens (primary N) is 2. The Morgan fingerprint density at radius 2 is 1.89 bits per heavy atom. The van der Waals surface area contributed by atoms with Crippen molar-refractivity contribution in [2.45, 2.75) is 6.92 Å². The number of amidine groups is 1. The summed E-state index contributed by atoms with van der Waals surface area (Å²) < 4.78 is 0. The predicted octanol–water partition coefficient (Wildman–Crippen LogP) is 1.79. The van der Waals surface area contributed by atoms with E-state index >= 15 is 0 Å². The third kappa shape index (κ3) is 3.58. The summed E-state index contributed by atoms with van der Waals surface area (Å²) in [7, 11) is 1.80. The highest BCUT2D eigenvalue weighted by Gasteiger charge is 2.09. The Morgan fingerprint density at radius 1 is 1.28 bits per heavy atom. The van der Waals surface area contributed by atoms with Crippen molar-refractivity contribution < 1.29 is 0 Å². The van der Waals surface area contributed by atoms with Crippen molar-refractivity contribution in [3.05, 3.63) is 41.8 Å². The van der Waals surface area contributed by atoms with Gasteiger partial charge in [0.2, 0.25) is 0 Å². The lowest BCUT2D eigenvalue weighted by Crippen LogP contribution is -2.28. The summed E-state index contributed by atoms with van der Waals surface area (Å²) in [5, 5.41) is 15.4. The van der Waals surface area contributed by atoms with Gasteiger partial charge in [-0.1, -0.05) is 18.2 Å². The highest BCUT2D eigenvalue weighted by Crippen LogP contribution is 2.13. The summed E-state index contributed by atoms with van der Waals surface area (Å²) in [6, 6.07) is 9.21. The number of hydrogen-bond acceptors (Lipinski definition) is 5. The van der Waals surface area contributed by atoms with E-state index in [0.717, 1.165) is 0 Å². The molecule has 1 aromatic rings. The molecule has 18 heavy (non-hydrogen) atoms. The van der Waals surface area contributed by atoms with Crippen LogP contribution < -0.4 is 11.5 Å². The van der Waals surface area contributed by atoms with Crippen LogP contribution in [0.5, 0.6) is 0 Å². The van der Waals surface area contributed by atoms with E-state index in [0.29, 0.717) is 18.1 Å². The van der Waals surface area contributed by atoms with Crippen LogP contribution in [0.2, 0.25) is 0 Å². The number of nitrogens with zero attached hydrogens (tertiary/aromatic N) is 3. The highest BCUT2D eigenvalue weighted by molar-refractivity contribution is 5.94. The normalized spacial score (nSPS) is 12.3. The van der Waals surface area contributed by atoms with Crippen LogP contribution in [0.15, 0.2) is 52.1 Å². The summed E-state index contributed by atoms with van der Waals surface area (Å²) >= 11 is 0. The molecule has 5 N–H and O–H groups in total. The van der Waals surface area contributed by atoms with Gasteiger partial charge in [-0.25, -0.2) is 0 Å². The summed E-state index contributed by atoms with van der Waals surface area (Å²) in [5.41, 5.74) is 12.2. The van der Waals surface area contributed by atoms with Crippen molar-refractivity contribution >= 4 is 11.5 Å².